The summed E-state index contributed by atoms with van der Waals surface area (Å²) in [5.41, 5.74) is 0.969. The van der Waals surface area contributed by atoms with Crippen LogP contribution < -0.4 is 0 Å². The fourth-order valence-corrected chi connectivity index (χ4v) is 4.33. The SMILES string of the molecule is OC1CC2CCC(C1)N2CCC(O)c1ccccc1Br. The zero-order chi connectivity index (χ0) is 14.1. The molecule has 2 aliphatic heterocycles. The summed E-state index contributed by atoms with van der Waals surface area (Å²) < 4.78 is 0.976. The summed E-state index contributed by atoms with van der Waals surface area (Å²) in [6.07, 6.45) is 4.43. The van der Waals surface area contributed by atoms with Crippen molar-refractivity contribution in [2.75, 3.05) is 6.54 Å². The van der Waals surface area contributed by atoms with E-state index in [-0.39, 0.29) is 6.10 Å². The van der Waals surface area contributed by atoms with E-state index in [1.54, 1.807) is 0 Å². The van der Waals surface area contributed by atoms with Crippen LogP contribution in [0.25, 0.3) is 0 Å². The Morgan fingerprint density at radius 2 is 1.85 bits per heavy atom. The van der Waals surface area contributed by atoms with Crippen molar-refractivity contribution < 1.29 is 10.2 Å². The summed E-state index contributed by atoms with van der Waals surface area (Å²) in [5, 5.41) is 20.2. The lowest BCUT2D eigenvalue weighted by Crippen LogP contribution is -2.45. The molecule has 0 aromatic heterocycles. The Labute approximate surface area is 128 Å². The van der Waals surface area contributed by atoms with Gasteiger partial charge in [0, 0.05) is 23.1 Å². The standard InChI is InChI=1S/C16H22BrNO2/c17-15-4-2-1-3-14(15)16(20)7-8-18-11-5-6-12(18)10-13(19)9-11/h1-4,11-13,16,19-20H,5-10H2. The number of hydrogen-bond donors (Lipinski definition) is 2. The molecule has 0 aliphatic carbocycles. The van der Waals surface area contributed by atoms with Crippen LogP contribution >= 0.6 is 15.9 Å². The molecule has 2 fully saturated rings. The van der Waals surface area contributed by atoms with Crippen LogP contribution in [0.5, 0.6) is 0 Å². The van der Waals surface area contributed by atoms with E-state index >= 15 is 0 Å². The normalized spacial score (nSPS) is 31.4. The van der Waals surface area contributed by atoms with Gasteiger partial charge in [0.05, 0.1) is 12.2 Å². The van der Waals surface area contributed by atoms with Gasteiger partial charge in [-0.2, -0.15) is 0 Å². The number of fused-ring (bicyclic) bond motifs is 2. The highest BCUT2D eigenvalue weighted by Gasteiger charge is 2.39. The van der Waals surface area contributed by atoms with E-state index in [0.29, 0.717) is 12.1 Å². The molecule has 2 heterocycles. The highest BCUT2D eigenvalue weighted by Crippen LogP contribution is 2.36. The summed E-state index contributed by atoms with van der Waals surface area (Å²) in [4.78, 5) is 2.51. The first kappa shape index (κ1) is 14.5. The number of aliphatic hydroxyl groups is 2. The van der Waals surface area contributed by atoms with Gasteiger partial charge >= 0.3 is 0 Å². The number of rotatable bonds is 4. The quantitative estimate of drug-likeness (QED) is 0.886. The van der Waals surface area contributed by atoms with Crippen molar-refractivity contribution in [2.24, 2.45) is 0 Å². The highest BCUT2D eigenvalue weighted by atomic mass is 79.9. The van der Waals surface area contributed by atoms with E-state index in [9.17, 15) is 10.2 Å². The molecule has 1 aromatic rings. The third-order valence-electron chi connectivity index (χ3n) is 4.78. The maximum atomic E-state index is 10.4. The molecule has 20 heavy (non-hydrogen) atoms. The first-order chi connectivity index (χ1) is 9.65. The van der Waals surface area contributed by atoms with E-state index in [2.05, 4.69) is 20.8 Å². The van der Waals surface area contributed by atoms with Gasteiger partial charge in [-0.15, -0.1) is 0 Å². The summed E-state index contributed by atoms with van der Waals surface area (Å²) in [6, 6.07) is 8.92. The van der Waals surface area contributed by atoms with E-state index in [4.69, 9.17) is 0 Å². The number of benzene rings is 1. The maximum absolute atomic E-state index is 10.4. The molecule has 0 amide bonds. The van der Waals surface area contributed by atoms with E-state index in [1.807, 2.05) is 24.3 Å². The Balaban J connectivity index is 1.59. The smallest absolute Gasteiger partial charge is 0.0813 e. The minimum Gasteiger partial charge on any atom is -0.393 e. The third-order valence-corrected chi connectivity index (χ3v) is 5.51. The molecule has 2 bridgehead atoms. The first-order valence-corrected chi connectivity index (χ1v) is 8.30. The summed E-state index contributed by atoms with van der Waals surface area (Å²) in [7, 11) is 0. The molecule has 3 unspecified atom stereocenters. The van der Waals surface area contributed by atoms with Crippen molar-refractivity contribution in [1.29, 1.82) is 0 Å². The fourth-order valence-electron chi connectivity index (χ4n) is 3.78. The molecule has 0 radical (unpaired) electrons. The van der Waals surface area contributed by atoms with Crippen LogP contribution in [0.15, 0.2) is 28.7 Å². The van der Waals surface area contributed by atoms with Crippen molar-refractivity contribution in [1.82, 2.24) is 4.90 Å². The zero-order valence-electron chi connectivity index (χ0n) is 11.6. The highest BCUT2D eigenvalue weighted by molar-refractivity contribution is 9.10. The van der Waals surface area contributed by atoms with Crippen LogP contribution in [0.1, 0.15) is 43.8 Å². The van der Waals surface area contributed by atoms with Gasteiger partial charge in [-0.1, -0.05) is 34.1 Å². The Bertz CT molecular complexity index is 454. The zero-order valence-corrected chi connectivity index (χ0v) is 13.2. The van der Waals surface area contributed by atoms with Crippen molar-refractivity contribution in [3.8, 4) is 0 Å². The van der Waals surface area contributed by atoms with Crippen LogP contribution in [0, 0.1) is 0 Å². The Hall–Kier alpha value is -0.420. The third kappa shape index (κ3) is 2.93. The van der Waals surface area contributed by atoms with Gasteiger partial charge in [-0.25, -0.2) is 0 Å². The summed E-state index contributed by atoms with van der Waals surface area (Å²) in [5.74, 6) is 0. The van der Waals surface area contributed by atoms with Crippen LogP contribution in [0.4, 0.5) is 0 Å². The number of hydrogen-bond acceptors (Lipinski definition) is 3. The molecular formula is C16H22BrNO2. The Morgan fingerprint density at radius 3 is 2.50 bits per heavy atom. The monoisotopic (exact) mass is 339 g/mol. The molecule has 3 nitrogen and oxygen atoms in total. The number of aliphatic hydroxyl groups excluding tert-OH is 2. The van der Waals surface area contributed by atoms with Gasteiger partial charge < -0.3 is 10.2 Å². The first-order valence-electron chi connectivity index (χ1n) is 7.51. The average Bonchev–Trinajstić information content (AvgIpc) is 2.67. The van der Waals surface area contributed by atoms with Gasteiger partial charge in [0.2, 0.25) is 0 Å². The van der Waals surface area contributed by atoms with E-state index < -0.39 is 6.10 Å². The summed E-state index contributed by atoms with van der Waals surface area (Å²) in [6.45, 7) is 0.921. The van der Waals surface area contributed by atoms with Crippen molar-refractivity contribution in [2.45, 2.75) is 56.4 Å². The minimum absolute atomic E-state index is 0.114. The number of halogens is 1. The van der Waals surface area contributed by atoms with Gasteiger partial charge in [0.15, 0.2) is 0 Å². The van der Waals surface area contributed by atoms with Gasteiger partial charge in [0.25, 0.3) is 0 Å². The van der Waals surface area contributed by atoms with Crippen LogP contribution in [-0.2, 0) is 0 Å². The largest absolute Gasteiger partial charge is 0.393 e. The molecule has 2 saturated heterocycles. The predicted octanol–water partition coefficient (Wildman–Crippen LogP) is 2.86. The van der Waals surface area contributed by atoms with Crippen LogP contribution in [-0.4, -0.2) is 39.8 Å². The van der Waals surface area contributed by atoms with E-state index in [0.717, 1.165) is 35.8 Å². The van der Waals surface area contributed by atoms with Gasteiger partial charge in [-0.3, -0.25) is 4.90 Å². The fraction of sp³-hybridized carbons (Fsp3) is 0.625. The van der Waals surface area contributed by atoms with Gasteiger partial charge in [-0.05, 0) is 43.7 Å². The van der Waals surface area contributed by atoms with Crippen molar-refractivity contribution in [3.63, 3.8) is 0 Å². The Kier molecular flexibility index (Phi) is 4.46. The molecule has 3 atom stereocenters. The van der Waals surface area contributed by atoms with E-state index in [1.165, 1.54) is 12.8 Å². The molecule has 3 rings (SSSR count). The van der Waals surface area contributed by atoms with Crippen LogP contribution in [0.2, 0.25) is 0 Å². The molecule has 1 aromatic carbocycles. The lowest BCUT2D eigenvalue weighted by Gasteiger charge is -2.37. The van der Waals surface area contributed by atoms with Crippen LogP contribution in [0.3, 0.4) is 0 Å². The second-order valence-corrected chi connectivity index (χ2v) is 6.93. The molecule has 0 saturated carbocycles. The molecular weight excluding hydrogens is 318 g/mol. The molecule has 2 N–H and O–H groups in total. The molecule has 110 valence electrons. The molecule has 0 spiro atoms. The second kappa shape index (κ2) is 6.14. The predicted molar refractivity (Wildman–Crippen MR) is 82.5 cm³/mol. The summed E-state index contributed by atoms with van der Waals surface area (Å²) >= 11 is 3.50. The Morgan fingerprint density at radius 1 is 1.20 bits per heavy atom. The van der Waals surface area contributed by atoms with Crippen molar-refractivity contribution in [3.05, 3.63) is 34.3 Å². The lowest BCUT2D eigenvalue weighted by molar-refractivity contribution is 0.0265. The van der Waals surface area contributed by atoms with Gasteiger partial charge in [0.1, 0.15) is 0 Å². The average molecular weight is 340 g/mol. The second-order valence-electron chi connectivity index (χ2n) is 6.07. The number of nitrogens with zero attached hydrogens (tertiary/aromatic N) is 1. The topological polar surface area (TPSA) is 43.7 Å². The minimum atomic E-state index is -0.420. The van der Waals surface area contributed by atoms with Crippen molar-refractivity contribution >= 4 is 15.9 Å². The molecule has 4 heteroatoms. The molecule has 2 aliphatic rings. The number of piperidine rings is 1. The maximum Gasteiger partial charge on any atom is 0.0813 e. The lowest BCUT2D eigenvalue weighted by atomic mass is 9.98.